The number of rotatable bonds is 3. The predicted octanol–water partition coefficient (Wildman–Crippen LogP) is 2.67. The van der Waals surface area contributed by atoms with E-state index in [-0.39, 0.29) is 30.5 Å². The minimum Gasteiger partial charge on any atom is -0.508 e. The summed E-state index contributed by atoms with van der Waals surface area (Å²) in [4.78, 5) is 48.1. The maximum atomic E-state index is 12.2. The van der Waals surface area contributed by atoms with E-state index in [0.29, 0.717) is 23.5 Å². The van der Waals surface area contributed by atoms with Crippen LogP contribution in [0.4, 0.5) is 0 Å². The Morgan fingerprint density at radius 1 is 1.00 bits per heavy atom. The number of aromatic nitrogens is 2. The van der Waals surface area contributed by atoms with Crippen molar-refractivity contribution in [2.24, 2.45) is 0 Å². The monoisotopic (exact) mass is 491 g/mol. The zero-order valence-electron chi connectivity index (χ0n) is 20.7. The van der Waals surface area contributed by atoms with Gasteiger partial charge in [-0.1, -0.05) is 19.3 Å². The van der Waals surface area contributed by atoms with Gasteiger partial charge in [0.2, 0.25) is 11.8 Å². The molecule has 9 nitrogen and oxygen atoms in total. The lowest BCUT2D eigenvalue weighted by molar-refractivity contribution is -0.136. The molecule has 6 rings (SSSR count). The molecule has 0 bridgehead atoms. The van der Waals surface area contributed by atoms with Crippen LogP contribution in [0.5, 0.6) is 5.75 Å². The van der Waals surface area contributed by atoms with Crippen molar-refractivity contribution in [3.63, 3.8) is 0 Å². The molecule has 3 aliphatic heterocycles. The molecule has 2 aromatic rings. The molecule has 1 unspecified atom stereocenters. The van der Waals surface area contributed by atoms with Crippen LogP contribution in [0.15, 0.2) is 30.6 Å². The zero-order chi connectivity index (χ0) is 25.2. The van der Waals surface area contributed by atoms with E-state index < -0.39 is 11.9 Å². The third-order valence-electron chi connectivity index (χ3n) is 7.67. The second-order valence-corrected chi connectivity index (χ2v) is 10.3. The molecular formula is C27H33N5O4. The van der Waals surface area contributed by atoms with Crippen molar-refractivity contribution in [3.05, 3.63) is 53.1 Å². The minimum atomic E-state index is -0.611. The van der Waals surface area contributed by atoms with E-state index in [0.717, 1.165) is 17.4 Å². The lowest BCUT2D eigenvalue weighted by atomic mass is 9.89. The highest BCUT2D eigenvalue weighted by molar-refractivity contribution is 6.05. The summed E-state index contributed by atoms with van der Waals surface area (Å²) in [5, 5.41) is 11.7. The number of hydrogen-bond donors (Lipinski definition) is 2. The number of nitrogens with one attached hydrogen (secondary N) is 1. The summed E-state index contributed by atoms with van der Waals surface area (Å²) in [6, 6.07) is 4.77. The number of hydrogen-bond acceptors (Lipinski definition) is 7. The molecular weight excluding hydrogens is 458 g/mol. The Morgan fingerprint density at radius 3 is 2.42 bits per heavy atom. The Labute approximate surface area is 210 Å². The Bertz CT molecular complexity index is 1140. The molecule has 1 aromatic carbocycles. The van der Waals surface area contributed by atoms with Gasteiger partial charge >= 0.3 is 0 Å². The topological polar surface area (TPSA) is 116 Å². The third kappa shape index (κ3) is 5.11. The zero-order valence-corrected chi connectivity index (χ0v) is 20.7. The molecule has 0 radical (unpaired) electrons. The van der Waals surface area contributed by atoms with Crippen LogP contribution in [0, 0.1) is 6.92 Å². The van der Waals surface area contributed by atoms with Gasteiger partial charge in [0.1, 0.15) is 17.6 Å². The first-order valence-electron chi connectivity index (χ1n) is 12.9. The van der Waals surface area contributed by atoms with E-state index in [1.54, 1.807) is 6.07 Å². The van der Waals surface area contributed by atoms with Gasteiger partial charge in [-0.2, -0.15) is 0 Å². The Balaban J connectivity index is 0.000000149. The molecule has 9 heteroatoms. The number of imide groups is 1. The molecule has 1 atom stereocenters. The standard InChI is InChI=1S/C14H21N3.C13H12N2O4/c1-11-7-15-14(16-8-11)12-9-17(10-12)13-5-3-2-4-6-13;16-8-1-2-9-7(5-8)6-15(13(9)19)10-3-4-11(17)14-12(10)18/h7-8,12-13H,2-6,9-10H2,1H3;1-2,5,10,16H,3-4,6H2,(H,14,17,18). The number of phenols is 1. The van der Waals surface area contributed by atoms with Crippen molar-refractivity contribution in [2.45, 2.75) is 76.4 Å². The number of carbonyl (C=O) groups excluding carboxylic acids is 3. The molecule has 190 valence electrons. The summed E-state index contributed by atoms with van der Waals surface area (Å²) in [5.74, 6) is 0.756. The quantitative estimate of drug-likeness (QED) is 0.634. The number of aryl methyl sites for hydroxylation is 1. The highest BCUT2D eigenvalue weighted by Gasteiger charge is 2.39. The van der Waals surface area contributed by atoms with E-state index in [1.165, 1.54) is 62.2 Å². The SMILES string of the molecule is Cc1cnc(C2CN(C3CCCCC3)C2)nc1.O=C1CCC(N2Cc3cc(O)ccc3C2=O)C(=O)N1. The summed E-state index contributed by atoms with van der Waals surface area (Å²) in [6.07, 6.45) is 11.5. The van der Waals surface area contributed by atoms with Crippen LogP contribution in [0.3, 0.4) is 0 Å². The molecule has 4 heterocycles. The average molecular weight is 492 g/mol. The fourth-order valence-corrected chi connectivity index (χ4v) is 5.59. The van der Waals surface area contributed by atoms with Gasteiger partial charge in [0.25, 0.3) is 5.91 Å². The van der Waals surface area contributed by atoms with Crippen LogP contribution in [-0.2, 0) is 16.1 Å². The molecule has 3 amide bonds. The molecule has 1 saturated carbocycles. The lowest BCUT2D eigenvalue weighted by Crippen LogP contribution is -2.52. The molecule has 2 saturated heterocycles. The molecule has 36 heavy (non-hydrogen) atoms. The highest BCUT2D eigenvalue weighted by Crippen LogP contribution is 2.32. The van der Waals surface area contributed by atoms with E-state index in [1.807, 2.05) is 19.3 Å². The summed E-state index contributed by atoms with van der Waals surface area (Å²) < 4.78 is 0. The van der Waals surface area contributed by atoms with Crippen LogP contribution in [0.25, 0.3) is 0 Å². The Hall–Kier alpha value is -3.33. The summed E-state index contributed by atoms with van der Waals surface area (Å²) in [6.45, 7) is 4.68. The first-order chi connectivity index (χ1) is 17.4. The highest BCUT2D eigenvalue weighted by atomic mass is 16.3. The number of carbonyl (C=O) groups is 3. The summed E-state index contributed by atoms with van der Waals surface area (Å²) in [7, 11) is 0. The van der Waals surface area contributed by atoms with Crippen molar-refractivity contribution >= 4 is 17.7 Å². The lowest BCUT2D eigenvalue weighted by Gasteiger charge is -2.45. The van der Waals surface area contributed by atoms with Gasteiger partial charge < -0.3 is 10.0 Å². The van der Waals surface area contributed by atoms with Crippen molar-refractivity contribution in [3.8, 4) is 5.75 Å². The normalized spacial score (nSPS) is 23.0. The largest absolute Gasteiger partial charge is 0.508 e. The van der Waals surface area contributed by atoms with Gasteiger partial charge in [0, 0.05) is 56.0 Å². The van der Waals surface area contributed by atoms with Gasteiger partial charge in [-0.25, -0.2) is 9.97 Å². The second kappa shape index (κ2) is 10.3. The van der Waals surface area contributed by atoms with Crippen LogP contribution in [-0.4, -0.2) is 67.8 Å². The summed E-state index contributed by atoms with van der Waals surface area (Å²) in [5.41, 5.74) is 2.36. The van der Waals surface area contributed by atoms with Crippen molar-refractivity contribution in [2.75, 3.05) is 13.1 Å². The number of fused-ring (bicyclic) bond motifs is 1. The number of phenolic OH excluding ortho intramolecular Hbond substituents is 1. The number of benzene rings is 1. The maximum Gasteiger partial charge on any atom is 0.255 e. The smallest absolute Gasteiger partial charge is 0.255 e. The van der Waals surface area contributed by atoms with Crippen LogP contribution in [0.1, 0.15) is 78.2 Å². The molecule has 1 aliphatic carbocycles. The van der Waals surface area contributed by atoms with Gasteiger partial charge in [-0.05, 0) is 55.5 Å². The van der Waals surface area contributed by atoms with Crippen molar-refractivity contribution < 1.29 is 19.5 Å². The molecule has 3 fully saturated rings. The Kier molecular flexibility index (Phi) is 7.00. The van der Waals surface area contributed by atoms with Gasteiger partial charge in [0.15, 0.2) is 0 Å². The maximum absolute atomic E-state index is 12.2. The van der Waals surface area contributed by atoms with E-state index in [4.69, 9.17) is 0 Å². The molecule has 2 N–H and O–H groups in total. The van der Waals surface area contributed by atoms with Gasteiger partial charge in [0.05, 0.1) is 0 Å². The summed E-state index contributed by atoms with van der Waals surface area (Å²) >= 11 is 0. The molecule has 0 spiro atoms. The number of amides is 3. The van der Waals surface area contributed by atoms with E-state index in [2.05, 4.69) is 20.2 Å². The first-order valence-corrected chi connectivity index (χ1v) is 12.9. The average Bonchev–Trinajstić information content (AvgIpc) is 3.15. The van der Waals surface area contributed by atoms with Crippen LogP contribution >= 0.6 is 0 Å². The third-order valence-corrected chi connectivity index (χ3v) is 7.67. The molecule has 1 aromatic heterocycles. The van der Waals surface area contributed by atoms with Crippen LogP contribution < -0.4 is 5.32 Å². The fourth-order valence-electron chi connectivity index (χ4n) is 5.59. The van der Waals surface area contributed by atoms with E-state index >= 15 is 0 Å². The van der Waals surface area contributed by atoms with Gasteiger partial charge in [-0.3, -0.25) is 24.6 Å². The van der Waals surface area contributed by atoms with Crippen molar-refractivity contribution in [1.82, 2.24) is 25.1 Å². The number of aromatic hydroxyl groups is 1. The molecule has 4 aliphatic rings. The van der Waals surface area contributed by atoms with Crippen LogP contribution in [0.2, 0.25) is 0 Å². The fraction of sp³-hybridized carbons (Fsp3) is 0.519. The second-order valence-electron chi connectivity index (χ2n) is 10.3. The first kappa shape index (κ1) is 24.4. The van der Waals surface area contributed by atoms with Crippen molar-refractivity contribution in [1.29, 1.82) is 0 Å². The van der Waals surface area contributed by atoms with E-state index in [9.17, 15) is 19.5 Å². The number of likely N-dealkylation sites (tertiary alicyclic amines) is 1. The minimum absolute atomic E-state index is 0.0941. The number of piperidine rings is 1. The Morgan fingerprint density at radius 2 is 1.72 bits per heavy atom. The van der Waals surface area contributed by atoms with Gasteiger partial charge in [-0.15, -0.1) is 0 Å². The number of nitrogens with zero attached hydrogens (tertiary/aromatic N) is 4. The predicted molar refractivity (Wildman–Crippen MR) is 132 cm³/mol.